The van der Waals surface area contributed by atoms with Crippen LogP contribution in [0, 0.1) is 19.7 Å². The third-order valence-electron chi connectivity index (χ3n) is 6.08. The van der Waals surface area contributed by atoms with Crippen LogP contribution in [0.3, 0.4) is 0 Å². The summed E-state index contributed by atoms with van der Waals surface area (Å²) < 4.78 is 15.9. The van der Waals surface area contributed by atoms with Crippen molar-refractivity contribution in [1.82, 2.24) is 30.2 Å². The number of hydrogen-bond donors (Lipinski definition) is 2. The van der Waals surface area contributed by atoms with E-state index >= 15 is 0 Å². The number of hydrogen-bond acceptors (Lipinski definition) is 4. The van der Waals surface area contributed by atoms with Gasteiger partial charge in [-0.15, -0.1) is 0 Å². The van der Waals surface area contributed by atoms with Gasteiger partial charge in [0.2, 0.25) is 5.91 Å². The second kappa shape index (κ2) is 9.01. The number of piperidine rings is 1. The van der Waals surface area contributed by atoms with Crippen molar-refractivity contribution in [3.8, 4) is 11.3 Å². The largest absolute Gasteiger partial charge is 0.353 e. The first kappa shape index (κ1) is 21.2. The molecule has 1 aliphatic rings. The van der Waals surface area contributed by atoms with Crippen LogP contribution in [0.5, 0.6) is 0 Å². The lowest BCUT2D eigenvalue weighted by Gasteiger charge is -2.32. The van der Waals surface area contributed by atoms with Gasteiger partial charge in [-0.3, -0.25) is 19.5 Å². The molecule has 7 nitrogen and oxygen atoms in total. The van der Waals surface area contributed by atoms with Gasteiger partial charge < -0.3 is 5.32 Å². The average Bonchev–Trinajstić information content (AvgIpc) is 3.26. The van der Waals surface area contributed by atoms with Crippen molar-refractivity contribution in [3.63, 3.8) is 0 Å². The molecule has 1 fully saturated rings. The number of amides is 1. The van der Waals surface area contributed by atoms with Gasteiger partial charge in [-0.2, -0.15) is 10.2 Å². The molecule has 3 aromatic rings. The molecule has 1 amide bonds. The molecule has 8 heteroatoms. The first-order chi connectivity index (χ1) is 14.9. The SMILES string of the molecule is Cc1n[nH]c(C)c1CC(=O)NC1CCN(Cc2cc(-c3ccccc3F)nn2C)CC1. The van der Waals surface area contributed by atoms with Crippen LogP contribution in [0.25, 0.3) is 11.3 Å². The molecule has 1 aliphatic heterocycles. The lowest BCUT2D eigenvalue weighted by molar-refractivity contribution is -0.121. The Morgan fingerprint density at radius 3 is 2.68 bits per heavy atom. The van der Waals surface area contributed by atoms with Crippen molar-refractivity contribution < 1.29 is 9.18 Å². The lowest BCUT2D eigenvalue weighted by Crippen LogP contribution is -2.45. The molecule has 2 aromatic heterocycles. The Kier molecular flexibility index (Phi) is 6.18. The standard InChI is InChI=1S/C23H29FN6O/c1-15-20(16(2)27-26-15)13-23(31)25-17-8-10-30(11-9-17)14-18-12-22(28-29(18)3)19-6-4-5-7-21(19)24/h4-7,12,17H,8-11,13-14H2,1-3H3,(H,25,31)(H,26,27). The highest BCUT2D eigenvalue weighted by molar-refractivity contribution is 5.79. The van der Waals surface area contributed by atoms with Crippen LogP contribution in [-0.4, -0.2) is 49.9 Å². The van der Waals surface area contributed by atoms with E-state index in [-0.39, 0.29) is 17.8 Å². The highest BCUT2D eigenvalue weighted by Crippen LogP contribution is 2.23. The van der Waals surface area contributed by atoms with E-state index in [4.69, 9.17) is 0 Å². The zero-order chi connectivity index (χ0) is 22.0. The number of carbonyl (C=O) groups is 1. The fourth-order valence-electron chi connectivity index (χ4n) is 4.19. The fourth-order valence-corrected chi connectivity index (χ4v) is 4.19. The number of carbonyl (C=O) groups excluding carboxylic acids is 1. The quantitative estimate of drug-likeness (QED) is 0.638. The Bertz CT molecular complexity index is 1040. The molecule has 1 saturated heterocycles. The summed E-state index contributed by atoms with van der Waals surface area (Å²) in [6.45, 7) is 6.41. The average molecular weight is 425 g/mol. The molecular weight excluding hydrogens is 395 g/mol. The van der Waals surface area contributed by atoms with Crippen LogP contribution in [0.2, 0.25) is 0 Å². The van der Waals surface area contributed by atoms with Crippen molar-refractivity contribution in [1.29, 1.82) is 0 Å². The third kappa shape index (κ3) is 4.85. The lowest BCUT2D eigenvalue weighted by atomic mass is 10.0. The minimum atomic E-state index is -0.260. The van der Waals surface area contributed by atoms with Crippen molar-refractivity contribution in [2.75, 3.05) is 13.1 Å². The van der Waals surface area contributed by atoms with Crippen molar-refractivity contribution in [2.45, 2.75) is 45.7 Å². The highest BCUT2D eigenvalue weighted by atomic mass is 19.1. The summed E-state index contributed by atoms with van der Waals surface area (Å²) in [7, 11) is 1.90. The van der Waals surface area contributed by atoms with E-state index in [0.29, 0.717) is 17.7 Å². The van der Waals surface area contributed by atoms with Gasteiger partial charge in [0.15, 0.2) is 0 Å². The summed E-state index contributed by atoms with van der Waals surface area (Å²) in [6.07, 6.45) is 2.18. The summed E-state index contributed by atoms with van der Waals surface area (Å²) in [5, 5.41) is 14.8. The van der Waals surface area contributed by atoms with Crippen LogP contribution in [-0.2, 0) is 24.8 Å². The molecule has 1 aromatic carbocycles. The Morgan fingerprint density at radius 2 is 2.00 bits per heavy atom. The fraction of sp³-hybridized carbons (Fsp3) is 0.435. The molecule has 164 valence electrons. The van der Waals surface area contributed by atoms with E-state index in [0.717, 1.165) is 55.1 Å². The molecule has 0 aliphatic carbocycles. The third-order valence-corrected chi connectivity index (χ3v) is 6.08. The molecule has 2 N–H and O–H groups in total. The number of benzene rings is 1. The number of aryl methyl sites for hydroxylation is 3. The Hall–Kier alpha value is -3.00. The smallest absolute Gasteiger partial charge is 0.224 e. The van der Waals surface area contributed by atoms with E-state index in [1.807, 2.05) is 37.7 Å². The minimum Gasteiger partial charge on any atom is -0.353 e. The number of aromatic amines is 1. The zero-order valence-corrected chi connectivity index (χ0v) is 18.3. The summed E-state index contributed by atoms with van der Waals surface area (Å²) in [6, 6.07) is 8.86. The highest BCUT2D eigenvalue weighted by Gasteiger charge is 2.23. The molecule has 0 atom stereocenters. The summed E-state index contributed by atoms with van der Waals surface area (Å²) in [5.41, 5.74) is 5.04. The van der Waals surface area contributed by atoms with Crippen LogP contribution in [0.15, 0.2) is 30.3 Å². The monoisotopic (exact) mass is 424 g/mol. The molecule has 31 heavy (non-hydrogen) atoms. The summed E-state index contributed by atoms with van der Waals surface area (Å²) in [5.74, 6) is -0.211. The Labute approximate surface area is 181 Å². The number of rotatable bonds is 6. The Balaban J connectivity index is 1.30. The molecule has 0 saturated carbocycles. The number of halogens is 1. The van der Waals surface area contributed by atoms with Gasteiger partial charge in [0, 0.05) is 49.5 Å². The van der Waals surface area contributed by atoms with E-state index < -0.39 is 0 Å². The number of aromatic nitrogens is 4. The molecule has 3 heterocycles. The summed E-state index contributed by atoms with van der Waals surface area (Å²) in [4.78, 5) is 14.8. The van der Waals surface area contributed by atoms with Gasteiger partial charge in [0.25, 0.3) is 0 Å². The first-order valence-electron chi connectivity index (χ1n) is 10.7. The molecule has 0 unspecified atom stereocenters. The maximum Gasteiger partial charge on any atom is 0.224 e. The predicted molar refractivity (Wildman–Crippen MR) is 117 cm³/mol. The second-order valence-electron chi connectivity index (χ2n) is 8.33. The van der Waals surface area contributed by atoms with Gasteiger partial charge in [0.1, 0.15) is 5.82 Å². The van der Waals surface area contributed by atoms with Crippen molar-refractivity contribution >= 4 is 5.91 Å². The number of nitrogens with one attached hydrogen (secondary N) is 2. The maximum absolute atomic E-state index is 14.1. The van der Waals surface area contributed by atoms with Crippen LogP contribution in [0.4, 0.5) is 4.39 Å². The van der Waals surface area contributed by atoms with Gasteiger partial charge in [-0.1, -0.05) is 12.1 Å². The summed E-state index contributed by atoms with van der Waals surface area (Å²) >= 11 is 0. The van der Waals surface area contributed by atoms with E-state index in [1.54, 1.807) is 12.1 Å². The maximum atomic E-state index is 14.1. The van der Waals surface area contributed by atoms with Crippen LogP contribution in [0.1, 0.15) is 35.5 Å². The molecule has 0 radical (unpaired) electrons. The van der Waals surface area contributed by atoms with Crippen LogP contribution < -0.4 is 5.32 Å². The van der Waals surface area contributed by atoms with E-state index in [1.165, 1.54) is 6.07 Å². The number of nitrogens with zero attached hydrogens (tertiary/aromatic N) is 4. The van der Waals surface area contributed by atoms with Crippen molar-refractivity contribution in [2.24, 2.45) is 7.05 Å². The normalized spacial score (nSPS) is 15.4. The zero-order valence-electron chi connectivity index (χ0n) is 18.3. The van der Waals surface area contributed by atoms with Gasteiger partial charge in [0.05, 0.1) is 23.5 Å². The number of H-pyrrole nitrogens is 1. The van der Waals surface area contributed by atoms with E-state index in [2.05, 4.69) is 25.5 Å². The molecule has 4 rings (SSSR count). The second-order valence-corrected chi connectivity index (χ2v) is 8.33. The van der Waals surface area contributed by atoms with Gasteiger partial charge in [-0.05, 0) is 44.9 Å². The van der Waals surface area contributed by atoms with Crippen LogP contribution >= 0.6 is 0 Å². The topological polar surface area (TPSA) is 78.8 Å². The molecular formula is C23H29FN6O. The Morgan fingerprint density at radius 1 is 1.26 bits per heavy atom. The van der Waals surface area contributed by atoms with Crippen molar-refractivity contribution in [3.05, 3.63) is 58.8 Å². The van der Waals surface area contributed by atoms with Gasteiger partial charge >= 0.3 is 0 Å². The van der Waals surface area contributed by atoms with Gasteiger partial charge in [-0.25, -0.2) is 4.39 Å². The first-order valence-corrected chi connectivity index (χ1v) is 10.7. The molecule has 0 bridgehead atoms. The molecule has 0 spiro atoms. The predicted octanol–water partition coefficient (Wildman–Crippen LogP) is 2.89. The number of likely N-dealkylation sites (tertiary alicyclic amines) is 1. The minimum absolute atomic E-state index is 0.0483. The van der Waals surface area contributed by atoms with E-state index in [9.17, 15) is 9.18 Å².